The maximum absolute atomic E-state index is 13.5. The van der Waals surface area contributed by atoms with E-state index < -0.39 is 28.9 Å². The Balaban J connectivity index is 2.10. The second-order valence-electron chi connectivity index (χ2n) is 4.45. The Labute approximate surface area is 114 Å². The topological polar surface area (TPSA) is 47.3 Å². The lowest BCUT2D eigenvalue weighted by atomic mass is 10.1. The molecule has 0 bridgehead atoms. The Kier molecular flexibility index (Phi) is 4.25. The van der Waals surface area contributed by atoms with E-state index in [2.05, 4.69) is 0 Å². The molecule has 0 N–H and O–H groups in total. The van der Waals surface area contributed by atoms with Crippen molar-refractivity contribution in [2.45, 2.75) is 0 Å². The maximum Gasteiger partial charge on any atom is 0.257 e. The first-order valence-corrected chi connectivity index (χ1v) is 6.06. The number of carbonyl (C=O) groups excluding carboxylic acids is 1. The van der Waals surface area contributed by atoms with Crippen LogP contribution in [0.25, 0.3) is 0 Å². The highest BCUT2D eigenvalue weighted by molar-refractivity contribution is 5.94. The van der Waals surface area contributed by atoms with Crippen LogP contribution < -0.4 is 0 Å². The highest BCUT2D eigenvalue weighted by atomic mass is 19.2. The number of rotatable bonds is 2. The van der Waals surface area contributed by atoms with E-state index >= 15 is 0 Å². The average Bonchev–Trinajstić information content (AvgIpc) is 2.45. The fourth-order valence-electron chi connectivity index (χ4n) is 2.07. The van der Waals surface area contributed by atoms with Crippen LogP contribution in [0.3, 0.4) is 0 Å². The van der Waals surface area contributed by atoms with Crippen molar-refractivity contribution in [2.24, 2.45) is 0 Å². The number of hydrogen-bond donors (Lipinski definition) is 0. The summed E-state index contributed by atoms with van der Waals surface area (Å²) in [5.74, 6) is -5.09. The van der Waals surface area contributed by atoms with E-state index in [4.69, 9.17) is 5.26 Å². The summed E-state index contributed by atoms with van der Waals surface area (Å²) in [5, 5.41) is 8.57. The van der Waals surface area contributed by atoms with E-state index in [1.807, 2.05) is 11.0 Å². The molecular weight excluding hydrogens is 271 g/mol. The van der Waals surface area contributed by atoms with Crippen molar-refractivity contribution in [1.29, 1.82) is 5.26 Å². The first-order chi connectivity index (χ1) is 9.54. The van der Waals surface area contributed by atoms with Gasteiger partial charge >= 0.3 is 0 Å². The van der Waals surface area contributed by atoms with Crippen LogP contribution in [-0.4, -0.2) is 48.4 Å². The van der Waals surface area contributed by atoms with Crippen molar-refractivity contribution in [1.82, 2.24) is 9.80 Å². The first-order valence-electron chi connectivity index (χ1n) is 6.06. The molecule has 0 saturated carbocycles. The van der Waals surface area contributed by atoms with E-state index in [-0.39, 0.29) is 6.54 Å². The molecule has 1 aliphatic rings. The lowest BCUT2D eigenvalue weighted by molar-refractivity contribution is 0.0646. The smallest absolute Gasteiger partial charge is 0.257 e. The standard InChI is InChI=1S/C13H12F3N3O/c14-10-2-1-9(11(15)12(10)16)13(20)19-7-5-18(4-3-17)6-8-19/h1-2H,4-8H2. The molecule has 1 aliphatic heterocycles. The highest BCUT2D eigenvalue weighted by Crippen LogP contribution is 2.17. The summed E-state index contributed by atoms with van der Waals surface area (Å²) in [5.41, 5.74) is -0.474. The van der Waals surface area contributed by atoms with Crippen LogP contribution >= 0.6 is 0 Å². The van der Waals surface area contributed by atoms with E-state index in [0.29, 0.717) is 26.2 Å². The largest absolute Gasteiger partial charge is 0.336 e. The predicted molar refractivity (Wildman–Crippen MR) is 64.3 cm³/mol. The van der Waals surface area contributed by atoms with Crippen molar-refractivity contribution in [3.05, 3.63) is 35.1 Å². The normalized spacial score (nSPS) is 16.0. The van der Waals surface area contributed by atoms with Crippen molar-refractivity contribution >= 4 is 5.91 Å². The number of amides is 1. The van der Waals surface area contributed by atoms with Gasteiger partial charge in [-0.3, -0.25) is 9.69 Å². The van der Waals surface area contributed by atoms with E-state index in [1.165, 1.54) is 4.90 Å². The van der Waals surface area contributed by atoms with Gasteiger partial charge in [-0.1, -0.05) is 0 Å². The summed E-state index contributed by atoms with van der Waals surface area (Å²) >= 11 is 0. The monoisotopic (exact) mass is 283 g/mol. The van der Waals surface area contributed by atoms with Crippen molar-refractivity contribution in [3.63, 3.8) is 0 Å². The molecule has 0 unspecified atom stereocenters. The molecule has 0 radical (unpaired) electrons. The molecule has 0 aromatic heterocycles. The van der Waals surface area contributed by atoms with E-state index in [0.717, 1.165) is 12.1 Å². The van der Waals surface area contributed by atoms with E-state index in [9.17, 15) is 18.0 Å². The van der Waals surface area contributed by atoms with Gasteiger partial charge in [-0.05, 0) is 12.1 Å². The average molecular weight is 283 g/mol. The summed E-state index contributed by atoms with van der Waals surface area (Å²) in [7, 11) is 0. The molecule has 1 heterocycles. The second-order valence-corrected chi connectivity index (χ2v) is 4.45. The lowest BCUT2D eigenvalue weighted by Gasteiger charge is -2.33. The molecule has 2 rings (SSSR count). The van der Waals surface area contributed by atoms with Crippen molar-refractivity contribution < 1.29 is 18.0 Å². The van der Waals surface area contributed by atoms with Gasteiger partial charge in [0, 0.05) is 26.2 Å². The van der Waals surface area contributed by atoms with Crippen LogP contribution in [0.2, 0.25) is 0 Å². The Hall–Kier alpha value is -2.07. The molecule has 1 fully saturated rings. The fourth-order valence-corrected chi connectivity index (χ4v) is 2.07. The molecule has 0 spiro atoms. The van der Waals surface area contributed by atoms with Crippen LogP contribution in [0.1, 0.15) is 10.4 Å². The minimum atomic E-state index is -1.64. The third-order valence-electron chi connectivity index (χ3n) is 3.22. The minimum absolute atomic E-state index is 0.265. The molecule has 1 aromatic rings. The Morgan fingerprint density at radius 3 is 2.40 bits per heavy atom. The molecule has 7 heteroatoms. The maximum atomic E-state index is 13.5. The molecule has 0 atom stereocenters. The zero-order chi connectivity index (χ0) is 14.7. The summed E-state index contributed by atoms with van der Waals surface area (Å²) in [6.07, 6.45) is 0. The van der Waals surface area contributed by atoms with Gasteiger partial charge in [-0.25, -0.2) is 13.2 Å². The Morgan fingerprint density at radius 1 is 1.15 bits per heavy atom. The van der Waals surface area contributed by atoms with Crippen LogP contribution in [0, 0.1) is 28.8 Å². The van der Waals surface area contributed by atoms with Gasteiger partial charge in [-0.2, -0.15) is 5.26 Å². The van der Waals surface area contributed by atoms with Crippen molar-refractivity contribution in [3.8, 4) is 6.07 Å². The second kappa shape index (κ2) is 5.92. The van der Waals surface area contributed by atoms with Gasteiger partial charge in [-0.15, -0.1) is 0 Å². The lowest BCUT2D eigenvalue weighted by Crippen LogP contribution is -2.48. The number of benzene rings is 1. The van der Waals surface area contributed by atoms with Crippen molar-refractivity contribution in [2.75, 3.05) is 32.7 Å². The van der Waals surface area contributed by atoms with Gasteiger partial charge in [0.2, 0.25) is 0 Å². The third-order valence-corrected chi connectivity index (χ3v) is 3.22. The molecule has 20 heavy (non-hydrogen) atoms. The van der Waals surface area contributed by atoms with Gasteiger partial charge < -0.3 is 4.90 Å². The first kappa shape index (κ1) is 14.3. The number of carbonyl (C=O) groups is 1. The van der Waals surface area contributed by atoms with Gasteiger partial charge in [0.05, 0.1) is 18.2 Å². The number of hydrogen-bond acceptors (Lipinski definition) is 3. The predicted octanol–water partition coefficient (Wildman–Crippen LogP) is 1.39. The summed E-state index contributed by atoms with van der Waals surface area (Å²) in [6.45, 7) is 1.88. The number of halogens is 3. The molecule has 1 aromatic carbocycles. The molecule has 1 amide bonds. The molecule has 106 valence electrons. The SMILES string of the molecule is N#CCN1CCN(C(=O)c2ccc(F)c(F)c2F)CC1. The van der Waals surface area contributed by atoms with Gasteiger partial charge in [0.25, 0.3) is 5.91 Å². The van der Waals surface area contributed by atoms with Crippen LogP contribution in [0.15, 0.2) is 12.1 Å². The Morgan fingerprint density at radius 2 is 1.80 bits per heavy atom. The molecule has 0 aliphatic carbocycles. The zero-order valence-electron chi connectivity index (χ0n) is 10.6. The van der Waals surface area contributed by atoms with Crippen LogP contribution in [-0.2, 0) is 0 Å². The number of piperazine rings is 1. The minimum Gasteiger partial charge on any atom is -0.336 e. The van der Waals surface area contributed by atoms with Crippen LogP contribution in [0.5, 0.6) is 0 Å². The van der Waals surface area contributed by atoms with Gasteiger partial charge in [0.15, 0.2) is 17.5 Å². The fraction of sp³-hybridized carbons (Fsp3) is 0.385. The summed E-state index contributed by atoms with van der Waals surface area (Å²) in [6, 6.07) is 3.68. The van der Waals surface area contributed by atoms with Crippen LogP contribution in [0.4, 0.5) is 13.2 Å². The zero-order valence-corrected chi connectivity index (χ0v) is 10.6. The number of nitriles is 1. The molecule has 4 nitrogen and oxygen atoms in total. The summed E-state index contributed by atoms with van der Waals surface area (Å²) in [4.78, 5) is 15.3. The quantitative estimate of drug-likeness (QED) is 0.608. The third kappa shape index (κ3) is 2.75. The molecule has 1 saturated heterocycles. The molecular formula is C13H12F3N3O. The highest BCUT2D eigenvalue weighted by Gasteiger charge is 2.26. The summed E-state index contributed by atoms with van der Waals surface area (Å²) < 4.78 is 39.5. The van der Waals surface area contributed by atoms with Gasteiger partial charge in [0.1, 0.15) is 0 Å². The Bertz CT molecular complexity index is 563. The van der Waals surface area contributed by atoms with E-state index in [1.54, 1.807) is 0 Å². The number of nitrogens with zero attached hydrogens (tertiary/aromatic N) is 3.